The Morgan fingerprint density at radius 3 is 2.76 bits per heavy atom. The van der Waals surface area contributed by atoms with Gasteiger partial charge in [-0.15, -0.1) is 0 Å². The van der Waals surface area contributed by atoms with Crippen LogP contribution in [-0.4, -0.2) is 17.5 Å². The Labute approximate surface area is 102 Å². The third-order valence-corrected chi connectivity index (χ3v) is 2.29. The minimum Gasteiger partial charge on any atom is -0.462 e. The summed E-state index contributed by atoms with van der Waals surface area (Å²) in [6.45, 7) is 1.70. The zero-order chi connectivity index (χ0) is 13.0. The highest BCUT2D eigenvalue weighted by atomic mass is 35.5. The molecule has 7 heteroatoms. The van der Waals surface area contributed by atoms with E-state index in [9.17, 15) is 14.9 Å². The summed E-state index contributed by atoms with van der Waals surface area (Å²) in [5.41, 5.74) is -0.697. The van der Waals surface area contributed by atoms with E-state index in [1.807, 2.05) is 0 Å². The molecular weight excluding hydrogens is 248 g/mol. The lowest BCUT2D eigenvalue weighted by atomic mass is 10.1. The van der Waals surface area contributed by atoms with Gasteiger partial charge in [0.05, 0.1) is 27.7 Å². The summed E-state index contributed by atoms with van der Waals surface area (Å²) >= 11 is 5.77. The Hall–Kier alpha value is -2.13. The van der Waals surface area contributed by atoms with Crippen LogP contribution in [0.1, 0.15) is 22.8 Å². The first-order chi connectivity index (χ1) is 8.01. The van der Waals surface area contributed by atoms with Crippen molar-refractivity contribution >= 4 is 23.3 Å². The lowest BCUT2D eigenvalue weighted by Crippen LogP contribution is -2.07. The van der Waals surface area contributed by atoms with E-state index < -0.39 is 10.9 Å². The van der Waals surface area contributed by atoms with Crippen molar-refractivity contribution in [2.75, 3.05) is 6.61 Å². The van der Waals surface area contributed by atoms with Crippen molar-refractivity contribution in [2.45, 2.75) is 6.92 Å². The summed E-state index contributed by atoms with van der Waals surface area (Å²) in [5, 5.41) is 19.2. The van der Waals surface area contributed by atoms with Gasteiger partial charge in [0, 0.05) is 12.1 Å². The maximum absolute atomic E-state index is 11.5. The number of nitro groups is 1. The Kier molecular flexibility index (Phi) is 4.01. The van der Waals surface area contributed by atoms with Crippen molar-refractivity contribution in [3.8, 4) is 6.07 Å². The smallest absolute Gasteiger partial charge is 0.339 e. The molecule has 1 aromatic rings. The molecule has 1 aromatic carbocycles. The zero-order valence-electron chi connectivity index (χ0n) is 8.77. The van der Waals surface area contributed by atoms with Crippen LogP contribution >= 0.6 is 11.6 Å². The van der Waals surface area contributed by atoms with Crippen LogP contribution in [0.5, 0.6) is 0 Å². The monoisotopic (exact) mass is 254 g/mol. The van der Waals surface area contributed by atoms with Gasteiger partial charge in [0.2, 0.25) is 0 Å². The molecule has 0 radical (unpaired) electrons. The van der Waals surface area contributed by atoms with Gasteiger partial charge in [-0.25, -0.2) is 4.79 Å². The van der Waals surface area contributed by atoms with E-state index in [2.05, 4.69) is 4.74 Å². The Morgan fingerprint density at radius 1 is 1.65 bits per heavy atom. The average Bonchev–Trinajstić information content (AvgIpc) is 2.29. The first-order valence-electron chi connectivity index (χ1n) is 4.56. The summed E-state index contributed by atoms with van der Waals surface area (Å²) in [6.07, 6.45) is 0. The molecule has 0 aromatic heterocycles. The van der Waals surface area contributed by atoms with Crippen LogP contribution < -0.4 is 0 Å². The van der Waals surface area contributed by atoms with Crippen LogP contribution in [0.25, 0.3) is 0 Å². The fraction of sp³-hybridized carbons (Fsp3) is 0.200. The molecule has 0 fully saturated rings. The summed E-state index contributed by atoms with van der Waals surface area (Å²) in [6, 6.07) is 3.68. The number of esters is 1. The fourth-order valence-electron chi connectivity index (χ4n) is 1.15. The van der Waals surface area contributed by atoms with E-state index in [0.29, 0.717) is 0 Å². The van der Waals surface area contributed by atoms with Crippen LogP contribution in [0.3, 0.4) is 0 Å². The van der Waals surface area contributed by atoms with Gasteiger partial charge in [-0.2, -0.15) is 5.26 Å². The van der Waals surface area contributed by atoms with E-state index in [0.717, 1.165) is 12.1 Å². The van der Waals surface area contributed by atoms with Crippen LogP contribution in [0.2, 0.25) is 5.02 Å². The zero-order valence-corrected chi connectivity index (χ0v) is 9.52. The molecule has 0 atom stereocenters. The van der Waals surface area contributed by atoms with Gasteiger partial charge in [-0.05, 0) is 6.92 Å². The number of hydrogen-bond acceptors (Lipinski definition) is 5. The van der Waals surface area contributed by atoms with E-state index in [1.165, 1.54) is 0 Å². The molecule has 0 N–H and O–H groups in total. The van der Waals surface area contributed by atoms with E-state index in [4.69, 9.17) is 16.9 Å². The van der Waals surface area contributed by atoms with Crippen LogP contribution in [0, 0.1) is 21.4 Å². The largest absolute Gasteiger partial charge is 0.462 e. The number of nitriles is 1. The molecule has 0 aliphatic heterocycles. The second-order valence-electron chi connectivity index (χ2n) is 2.94. The lowest BCUT2D eigenvalue weighted by Gasteiger charge is -2.05. The number of nitrogens with zero attached hydrogens (tertiary/aromatic N) is 2. The van der Waals surface area contributed by atoms with Crippen molar-refractivity contribution in [2.24, 2.45) is 0 Å². The average molecular weight is 255 g/mol. The molecule has 0 aliphatic rings. The van der Waals surface area contributed by atoms with Gasteiger partial charge in [0.1, 0.15) is 6.07 Å². The van der Waals surface area contributed by atoms with Crippen molar-refractivity contribution in [1.82, 2.24) is 0 Å². The number of halogens is 1. The normalized spacial score (nSPS) is 9.47. The van der Waals surface area contributed by atoms with Crippen LogP contribution in [-0.2, 0) is 4.74 Å². The van der Waals surface area contributed by atoms with Crippen molar-refractivity contribution in [3.05, 3.63) is 38.4 Å². The van der Waals surface area contributed by atoms with Crippen LogP contribution in [0.15, 0.2) is 12.1 Å². The molecule has 0 spiro atoms. The minimum atomic E-state index is -0.794. The number of carbonyl (C=O) groups is 1. The maximum Gasteiger partial charge on any atom is 0.339 e. The molecular formula is C10H7ClN2O4. The van der Waals surface area contributed by atoms with E-state index in [-0.39, 0.29) is 28.4 Å². The minimum absolute atomic E-state index is 0.111. The highest BCUT2D eigenvalue weighted by molar-refractivity contribution is 6.34. The van der Waals surface area contributed by atoms with Crippen LogP contribution in [0.4, 0.5) is 5.69 Å². The molecule has 88 valence electrons. The molecule has 0 heterocycles. The number of hydrogen-bond donors (Lipinski definition) is 0. The van der Waals surface area contributed by atoms with Gasteiger partial charge < -0.3 is 4.74 Å². The van der Waals surface area contributed by atoms with E-state index in [1.54, 1.807) is 13.0 Å². The second-order valence-corrected chi connectivity index (χ2v) is 3.32. The number of benzene rings is 1. The summed E-state index contributed by atoms with van der Waals surface area (Å²) in [7, 11) is 0. The first-order valence-corrected chi connectivity index (χ1v) is 4.94. The fourth-order valence-corrected chi connectivity index (χ4v) is 1.38. The lowest BCUT2D eigenvalue weighted by molar-refractivity contribution is -0.384. The molecule has 6 nitrogen and oxygen atoms in total. The third kappa shape index (κ3) is 2.71. The molecule has 1 rings (SSSR count). The first kappa shape index (κ1) is 12.9. The Bertz CT molecular complexity index is 522. The van der Waals surface area contributed by atoms with Gasteiger partial charge in [0.25, 0.3) is 5.69 Å². The van der Waals surface area contributed by atoms with Gasteiger partial charge in [-0.3, -0.25) is 10.1 Å². The van der Waals surface area contributed by atoms with Gasteiger partial charge in [-0.1, -0.05) is 11.6 Å². The van der Waals surface area contributed by atoms with E-state index >= 15 is 0 Å². The standard InChI is InChI=1S/C10H7ClN2O4/c1-2-17-10(14)8-4-7(13(15)16)3-6(5-12)9(8)11/h3-4H,2H2,1H3. The molecule has 17 heavy (non-hydrogen) atoms. The number of ether oxygens (including phenoxy) is 1. The highest BCUT2D eigenvalue weighted by Gasteiger charge is 2.20. The summed E-state index contributed by atoms with van der Waals surface area (Å²) < 4.78 is 4.69. The quantitative estimate of drug-likeness (QED) is 0.469. The predicted molar refractivity (Wildman–Crippen MR) is 58.8 cm³/mol. The Balaban J connectivity index is 3.38. The number of non-ortho nitro benzene ring substituents is 1. The molecule has 0 aliphatic carbocycles. The Morgan fingerprint density at radius 2 is 2.29 bits per heavy atom. The summed E-state index contributed by atoms with van der Waals surface area (Å²) in [5.74, 6) is -0.794. The number of carbonyl (C=O) groups excluding carboxylic acids is 1. The number of nitro benzene ring substituents is 1. The van der Waals surface area contributed by atoms with Gasteiger partial charge >= 0.3 is 5.97 Å². The maximum atomic E-state index is 11.5. The molecule has 0 unspecified atom stereocenters. The topological polar surface area (TPSA) is 93.2 Å². The molecule has 0 amide bonds. The highest BCUT2D eigenvalue weighted by Crippen LogP contribution is 2.27. The third-order valence-electron chi connectivity index (χ3n) is 1.88. The molecule has 0 saturated carbocycles. The SMILES string of the molecule is CCOC(=O)c1cc([N+](=O)[O-])cc(C#N)c1Cl. The number of rotatable bonds is 3. The summed E-state index contributed by atoms with van der Waals surface area (Å²) in [4.78, 5) is 21.4. The van der Waals surface area contributed by atoms with Crippen molar-refractivity contribution in [3.63, 3.8) is 0 Å². The molecule has 0 saturated heterocycles. The predicted octanol–water partition coefficient (Wildman–Crippen LogP) is 2.30. The van der Waals surface area contributed by atoms with Gasteiger partial charge in [0.15, 0.2) is 0 Å². The van der Waals surface area contributed by atoms with Crippen molar-refractivity contribution < 1.29 is 14.5 Å². The van der Waals surface area contributed by atoms with Crippen molar-refractivity contribution in [1.29, 1.82) is 5.26 Å². The second kappa shape index (κ2) is 5.27. The molecule has 0 bridgehead atoms.